The second-order valence-corrected chi connectivity index (χ2v) is 6.95. The number of amides is 1. The Morgan fingerprint density at radius 1 is 1.03 bits per heavy atom. The van der Waals surface area contributed by atoms with Crippen LogP contribution in [0.15, 0.2) is 65.8 Å². The van der Waals surface area contributed by atoms with Crippen molar-refractivity contribution in [3.05, 3.63) is 72.2 Å². The Kier molecular flexibility index (Phi) is 6.17. The molecule has 1 amide bonds. The first kappa shape index (κ1) is 20.8. The standard InChI is InChI=1S/C20H15F4N3OS/c1-27(15-5-3-2-4-6-15)18(28)12-29-19-25-16(11-17(26-19)20(22,23)24)13-7-9-14(21)10-8-13/h2-11H,12H2,1H3. The van der Waals surface area contributed by atoms with Gasteiger partial charge in [-0.05, 0) is 42.5 Å². The van der Waals surface area contributed by atoms with Gasteiger partial charge in [0.15, 0.2) is 5.16 Å². The monoisotopic (exact) mass is 421 g/mol. The number of carbonyl (C=O) groups excluding carboxylic acids is 1. The molecule has 0 fully saturated rings. The Morgan fingerprint density at radius 3 is 2.31 bits per heavy atom. The van der Waals surface area contributed by atoms with Gasteiger partial charge in [-0.15, -0.1) is 0 Å². The SMILES string of the molecule is CN(C(=O)CSc1nc(-c2ccc(F)cc2)cc(C(F)(F)F)n1)c1ccccc1. The average molecular weight is 421 g/mol. The molecule has 1 aromatic heterocycles. The summed E-state index contributed by atoms with van der Waals surface area (Å²) < 4.78 is 52.8. The van der Waals surface area contributed by atoms with Crippen LogP contribution in [0.1, 0.15) is 5.69 Å². The van der Waals surface area contributed by atoms with Gasteiger partial charge < -0.3 is 4.90 Å². The number of hydrogen-bond acceptors (Lipinski definition) is 4. The molecule has 1 heterocycles. The maximum atomic E-state index is 13.2. The van der Waals surface area contributed by atoms with Crippen LogP contribution in [0.5, 0.6) is 0 Å². The van der Waals surface area contributed by atoms with Gasteiger partial charge in [0.2, 0.25) is 5.91 Å². The van der Waals surface area contributed by atoms with E-state index in [1.165, 1.54) is 17.0 Å². The summed E-state index contributed by atoms with van der Waals surface area (Å²) in [6.07, 6.45) is -4.68. The highest BCUT2D eigenvalue weighted by Crippen LogP contribution is 2.32. The van der Waals surface area contributed by atoms with Crippen molar-refractivity contribution in [3.63, 3.8) is 0 Å². The van der Waals surface area contributed by atoms with E-state index in [0.29, 0.717) is 11.3 Å². The molecule has 2 aromatic carbocycles. The highest BCUT2D eigenvalue weighted by atomic mass is 32.2. The van der Waals surface area contributed by atoms with Crippen molar-refractivity contribution in [2.24, 2.45) is 0 Å². The van der Waals surface area contributed by atoms with Gasteiger partial charge in [0.05, 0.1) is 11.4 Å². The van der Waals surface area contributed by atoms with Crippen LogP contribution in [0.4, 0.5) is 23.2 Å². The lowest BCUT2D eigenvalue weighted by molar-refractivity contribution is -0.141. The smallest absolute Gasteiger partial charge is 0.315 e. The van der Waals surface area contributed by atoms with Gasteiger partial charge in [-0.1, -0.05) is 30.0 Å². The maximum Gasteiger partial charge on any atom is 0.433 e. The van der Waals surface area contributed by atoms with Gasteiger partial charge in [0.1, 0.15) is 11.5 Å². The van der Waals surface area contributed by atoms with Crippen molar-refractivity contribution in [1.82, 2.24) is 9.97 Å². The second kappa shape index (κ2) is 8.60. The quantitative estimate of drug-likeness (QED) is 0.328. The third-order valence-electron chi connectivity index (χ3n) is 3.98. The summed E-state index contributed by atoms with van der Waals surface area (Å²) in [6.45, 7) is 0. The van der Waals surface area contributed by atoms with Crippen molar-refractivity contribution < 1.29 is 22.4 Å². The highest BCUT2D eigenvalue weighted by Gasteiger charge is 2.34. The molecule has 0 radical (unpaired) electrons. The molecular formula is C20H15F4N3OS. The van der Waals surface area contributed by atoms with Gasteiger partial charge in [-0.3, -0.25) is 4.79 Å². The van der Waals surface area contributed by atoms with E-state index < -0.39 is 17.7 Å². The number of benzene rings is 2. The molecular weight excluding hydrogens is 406 g/mol. The molecule has 0 aliphatic carbocycles. The highest BCUT2D eigenvalue weighted by molar-refractivity contribution is 7.99. The van der Waals surface area contributed by atoms with E-state index in [4.69, 9.17) is 0 Å². The number of nitrogens with zero attached hydrogens (tertiary/aromatic N) is 3. The first-order valence-electron chi connectivity index (χ1n) is 8.40. The first-order chi connectivity index (χ1) is 13.7. The molecule has 0 N–H and O–H groups in total. The normalized spacial score (nSPS) is 11.3. The predicted molar refractivity (Wildman–Crippen MR) is 103 cm³/mol. The molecule has 0 aliphatic rings. The van der Waals surface area contributed by atoms with Crippen LogP contribution in [0.3, 0.4) is 0 Å². The molecule has 29 heavy (non-hydrogen) atoms. The number of aromatic nitrogens is 2. The summed E-state index contributed by atoms with van der Waals surface area (Å²) >= 11 is 0.806. The third kappa shape index (κ3) is 5.32. The first-order valence-corrected chi connectivity index (χ1v) is 9.39. The molecule has 3 aromatic rings. The van der Waals surface area contributed by atoms with Crippen LogP contribution in [0, 0.1) is 5.82 Å². The summed E-state index contributed by atoms with van der Waals surface area (Å²) in [6, 6.07) is 14.6. The predicted octanol–water partition coefficient (Wildman–Crippen LogP) is 5.06. The number of alkyl halides is 3. The van der Waals surface area contributed by atoms with Crippen LogP contribution in [0.25, 0.3) is 11.3 Å². The molecule has 0 atom stereocenters. The van der Waals surface area contributed by atoms with E-state index in [9.17, 15) is 22.4 Å². The Balaban J connectivity index is 1.83. The fraction of sp³-hybridized carbons (Fsp3) is 0.150. The zero-order chi connectivity index (χ0) is 21.0. The fourth-order valence-electron chi connectivity index (χ4n) is 2.42. The van der Waals surface area contributed by atoms with Crippen molar-refractivity contribution in [2.45, 2.75) is 11.3 Å². The lowest BCUT2D eigenvalue weighted by atomic mass is 10.1. The summed E-state index contributed by atoms with van der Waals surface area (Å²) in [5, 5.41) is -0.186. The summed E-state index contributed by atoms with van der Waals surface area (Å²) in [5.41, 5.74) is -0.152. The van der Waals surface area contributed by atoms with Crippen molar-refractivity contribution in [3.8, 4) is 11.3 Å². The number of rotatable bonds is 5. The van der Waals surface area contributed by atoms with Crippen molar-refractivity contribution in [2.75, 3.05) is 17.7 Å². The third-order valence-corrected chi connectivity index (χ3v) is 4.81. The molecule has 4 nitrogen and oxygen atoms in total. The van der Waals surface area contributed by atoms with Crippen molar-refractivity contribution >= 4 is 23.4 Å². The Hall–Kier alpha value is -2.94. The molecule has 0 spiro atoms. The van der Waals surface area contributed by atoms with E-state index in [1.807, 2.05) is 6.07 Å². The molecule has 0 saturated carbocycles. The zero-order valence-electron chi connectivity index (χ0n) is 15.2. The number of para-hydroxylation sites is 1. The fourth-order valence-corrected chi connectivity index (χ4v) is 3.19. The maximum absolute atomic E-state index is 13.2. The largest absolute Gasteiger partial charge is 0.433 e. The number of carbonyl (C=O) groups is 1. The molecule has 0 saturated heterocycles. The van der Waals surface area contributed by atoms with E-state index >= 15 is 0 Å². The Bertz CT molecular complexity index is 995. The summed E-state index contributed by atoms with van der Waals surface area (Å²) in [7, 11) is 1.58. The topological polar surface area (TPSA) is 46.1 Å². The number of anilines is 1. The van der Waals surface area contributed by atoms with E-state index in [1.54, 1.807) is 31.3 Å². The minimum absolute atomic E-state index is 0.00121. The second-order valence-electron chi connectivity index (χ2n) is 6.00. The van der Waals surface area contributed by atoms with Crippen LogP contribution in [0.2, 0.25) is 0 Å². The van der Waals surface area contributed by atoms with Crippen LogP contribution in [-0.4, -0.2) is 28.7 Å². The number of halogens is 4. The van der Waals surface area contributed by atoms with Gasteiger partial charge >= 0.3 is 6.18 Å². The van der Waals surface area contributed by atoms with E-state index in [-0.39, 0.29) is 22.5 Å². The lowest BCUT2D eigenvalue weighted by Gasteiger charge is -2.17. The average Bonchev–Trinajstić information content (AvgIpc) is 2.71. The number of thioether (sulfide) groups is 1. The van der Waals surface area contributed by atoms with Gasteiger partial charge in [-0.25, -0.2) is 14.4 Å². The molecule has 0 unspecified atom stereocenters. The minimum atomic E-state index is -4.68. The van der Waals surface area contributed by atoms with Crippen LogP contribution < -0.4 is 4.90 Å². The van der Waals surface area contributed by atoms with Crippen LogP contribution in [-0.2, 0) is 11.0 Å². The molecule has 0 aliphatic heterocycles. The minimum Gasteiger partial charge on any atom is -0.315 e. The number of hydrogen-bond donors (Lipinski definition) is 0. The van der Waals surface area contributed by atoms with Crippen molar-refractivity contribution in [1.29, 1.82) is 0 Å². The molecule has 150 valence electrons. The van der Waals surface area contributed by atoms with Gasteiger partial charge in [0.25, 0.3) is 0 Å². The molecule has 0 bridgehead atoms. The van der Waals surface area contributed by atoms with Crippen LogP contribution >= 0.6 is 11.8 Å². The summed E-state index contributed by atoms with van der Waals surface area (Å²) in [5.74, 6) is -0.969. The van der Waals surface area contributed by atoms with Gasteiger partial charge in [-0.2, -0.15) is 13.2 Å². The zero-order valence-corrected chi connectivity index (χ0v) is 16.0. The van der Waals surface area contributed by atoms with Gasteiger partial charge in [0, 0.05) is 18.3 Å². The molecule has 3 rings (SSSR count). The van der Waals surface area contributed by atoms with E-state index in [0.717, 1.165) is 30.0 Å². The van der Waals surface area contributed by atoms with E-state index in [2.05, 4.69) is 9.97 Å². The Labute approximate surface area is 168 Å². The molecule has 9 heteroatoms. The Morgan fingerprint density at radius 2 is 1.69 bits per heavy atom. The summed E-state index contributed by atoms with van der Waals surface area (Å²) in [4.78, 5) is 21.4. The lowest BCUT2D eigenvalue weighted by Crippen LogP contribution is -2.27.